The first-order chi connectivity index (χ1) is 4.83. The second kappa shape index (κ2) is 4.99. The van der Waals surface area contributed by atoms with Crippen molar-refractivity contribution in [3.05, 3.63) is 34.9 Å². The van der Waals surface area contributed by atoms with Gasteiger partial charge in [0.2, 0.25) is 0 Å². The van der Waals surface area contributed by atoms with Gasteiger partial charge in [0.05, 0.1) is 6.21 Å². The first kappa shape index (κ1) is 10.3. The molecule has 0 unspecified atom stereocenters. The quantitative estimate of drug-likeness (QED) is 0.411. The van der Waals surface area contributed by atoms with Crippen molar-refractivity contribution in [2.45, 2.75) is 0 Å². The zero-order chi connectivity index (χ0) is 7.40. The highest BCUT2D eigenvalue weighted by Crippen LogP contribution is 2.07. The van der Waals surface area contributed by atoms with Crippen LogP contribution < -0.4 is 5.84 Å². The number of hydrogen-bond acceptors (Lipinski definition) is 2. The molecule has 0 saturated carbocycles. The van der Waals surface area contributed by atoms with E-state index in [2.05, 4.69) is 5.10 Å². The van der Waals surface area contributed by atoms with Crippen LogP contribution in [0.5, 0.6) is 0 Å². The lowest BCUT2D eigenvalue weighted by Gasteiger charge is -1.90. The molecular formula is C7H8Cl2N2. The van der Waals surface area contributed by atoms with E-state index >= 15 is 0 Å². The second-order valence-electron chi connectivity index (χ2n) is 1.83. The zero-order valence-corrected chi connectivity index (χ0v) is 7.27. The molecule has 60 valence electrons. The van der Waals surface area contributed by atoms with Crippen LogP contribution in [-0.4, -0.2) is 6.21 Å². The SMILES string of the molecule is Cl.NN=Cc1ccc(Cl)cc1. The minimum Gasteiger partial charge on any atom is -0.323 e. The number of nitrogens with two attached hydrogens (primary N) is 1. The number of hydrogen-bond donors (Lipinski definition) is 1. The van der Waals surface area contributed by atoms with Gasteiger partial charge in [-0.15, -0.1) is 12.4 Å². The third kappa shape index (κ3) is 3.25. The van der Waals surface area contributed by atoms with Gasteiger partial charge in [0.1, 0.15) is 0 Å². The van der Waals surface area contributed by atoms with Crippen molar-refractivity contribution in [1.82, 2.24) is 0 Å². The van der Waals surface area contributed by atoms with Gasteiger partial charge in [-0.1, -0.05) is 23.7 Å². The monoisotopic (exact) mass is 190 g/mol. The number of hydrazone groups is 1. The van der Waals surface area contributed by atoms with Gasteiger partial charge in [-0.3, -0.25) is 0 Å². The molecule has 0 amide bonds. The summed E-state index contributed by atoms with van der Waals surface area (Å²) in [7, 11) is 0. The largest absolute Gasteiger partial charge is 0.323 e. The van der Waals surface area contributed by atoms with Crippen LogP contribution in [0, 0.1) is 0 Å². The third-order valence-corrected chi connectivity index (χ3v) is 1.35. The standard InChI is InChI=1S/C7H7ClN2.ClH/c8-7-3-1-6(2-4-7)5-10-9;/h1-5H,9H2;1H. The summed E-state index contributed by atoms with van der Waals surface area (Å²) in [6, 6.07) is 7.27. The Balaban J connectivity index is 0.000001000. The Morgan fingerprint density at radius 2 is 1.82 bits per heavy atom. The maximum absolute atomic E-state index is 5.64. The molecule has 0 aliphatic carbocycles. The zero-order valence-electron chi connectivity index (χ0n) is 5.70. The molecule has 0 fully saturated rings. The number of halogens is 2. The van der Waals surface area contributed by atoms with E-state index < -0.39 is 0 Å². The molecule has 0 aliphatic heterocycles. The average molecular weight is 191 g/mol. The molecule has 1 aromatic rings. The molecule has 0 radical (unpaired) electrons. The van der Waals surface area contributed by atoms with Crippen LogP contribution in [-0.2, 0) is 0 Å². The summed E-state index contributed by atoms with van der Waals surface area (Å²) >= 11 is 5.64. The first-order valence-corrected chi connectivity index (χ1v) is 3.19. The highest BCUT2D eigenvalue weighted by atomic mass is 35.5. The summed E-state index contributed by atoms with van der Waals surface area (Å²) < 4.78 is 0. The molecule has 0 aromatic heterocycles. The van der Waals surface area contributed by atoms with Crippen LogP contribution in [0.3, 0.4) is 0 Å². The number of benzene rings is 1. The Morgan fingerprint density at radius 3 is 2.27 bits per heavy atom. The van der Waals surface area contributed by atoms with Gasteiger partial charge in [0.15, 0.2) is 0 Å². The van der Waals surface area contributed by atoms with E-state index in [4.69, 9.17) is 17.4 Å². The minimum atomic E-state index is 0. The fourth-order valence-corrected chi connectivity index (χ4v) is 0.761. The fraction of sp³-hybridized carbons (Fsp3) is 0. The van der Waals surface area contributed by atoms with Crippen molar-refractivity contribution in [1.29, 1.82) is 0 Å². The Morgan fingerprint density at radius 1 is 1.27 bits per heavy atom. The van der Waals surface area contributed by atoms with Crippen molar-refractivity contribution in [3.8, 4) is 0 Å². The topological polar surface area (TPSA) is 38.4 Å². The van der Waals surface area contributed by atoms with Gasteiger partial charge in [-0.2, -0.15) is 5.10 Å². The average Bonchev–Trinajstić information content (AvgIpc) is 1.95. The molecule has 11 heavy (non-hydrogen) atoms. The van der Waals surface area contributed by atoms with E-state index in [-0.39, 0.29) is 12.4 Å². The summed E-state index contributed by atoms with van der Waals surface area (Å²) in [6.07, 6.45) is 1.57. The maximum atomic E-state index is 5.64. The smallest absolute Gasteiger partial charge is 0.0538 e. The van der Waals surface area contributed by atoms with Crippen LogP contribution in [0.4, 0.5) is 0 Å². The first-order valence-electron chi connectivity index (χ1n) is 2.82. The molecule has 1 rings (SSSR count). The molecular weight excluding hydrogens is 183 g/mol. The number of nitrogens with zero attached hydrogens (tertiary/aromatic N) is 1. The van der Waals surface area contributed by atoms with E-state index in [1.165, 1.54) is 0 Å². The highest BCUT2D eigenvalue weighted by molar-refractivity contribution is 6.30. The summed E-state index contributed by atoms with van der Waals surface area (Å²) in [5.41, 5.74) is 0.951. The predicted molar refractivity (Wildman–Crippen MR) is 50.5 cm³/mol. The van der Waals surface area contributed by atoms with Gasteiger partial charge < -0.3 is 5.84 Å². The summed E-state index contributed by atoms with van der Waals surface area (Å²) in [4.78, 5) is 0. The third-order valence-electron chi connectivity index (χ3n) is 1.09. The van der Waals surface area contributed by atoms with Crippen LogP contribution in [0.15, 0.2) is 29.4 Å². The van der Waals surface area contributed by atoms with Crippen molar-refractivity contribution < 1.29 is 0 Å². The molecule has 0 heterocycles. The lowest BCUT2D eigenvalue weighted by molar-refractivity contribution is 1.26. The molecule has 4 heteroatoms. The fourth-order valence-electron chi connectivity index (χ4n) is 0.635. The van der Waals surface area contributed by atoms with Crippen molar-refractivity contribution in [3.63, 3.8) is 0 Å². The second-order valence-corrected chi connectivity index (χ2v) is 2.27. The van der Waals surface area contributed by atoms with Gasteiger partial charge in [0.25, 0.3) is 0 Å². The Kier molecular flexibility index (Phi) is 4.66. The molecule has 0 atom stereocenters. The maximum Gasteiger partial charge on any atom is 0.0538 e. The molecule has 0 saturated heterocycles. The van der Waals surface area contributed by atoms with E-state index in [1.807, 2.05) is 12.1 Å². The van der Waals surface area contributed by atoms with Crippen molar-refractivity contribution in [2.75, 3.05) is 0 Å². The van der Waals surface area contributed by atoms with Crippen molar-refractivity contribution in [2.24, 2.45) is 10.9 Å². The lowest BCUT2D eigenvalue weighted by Crippen LogP contribution is -1.84. The van der Waals surface area contributed by atoms with Gasteiger partial charge in [0, 0.05) is 5.02 Å². The Labute approximate surface area is 76.5 Å². The van der Waals surface area contributed by atoms with E-state index in [1.54, 1.807) is 18.3 Å². The van der Waals surface area contributed by atoms with E-state index in [0.29, 0.717) is 5.02 Å². The lowest BCUT2D eigenvalue weighted by atomic mass is 10.2. The normalized spacial score (nSPS) is 9.55. The summed E-state index contributed by atoms with van der Waals surface area (Å²) in [5, 5.41) is 4.08. The highest BCUT2D eigenvalue weighted by Gasteiger charge is 1.86. The molecule has 0 aliphatic rings. The molecule has 0 bridgehead atoms. The summed E-state index contributed by atoms with van der Waals surface area (Å²) in [5.74, 6) is 4.94. The molecule has 1 aromatic carbocycles. The summed E-state index contributed by atoms with van der Waals surface area (Å²) in [6.45, 7) is 0. The van der Waals surface area contributed by atoms with Gasteiger partial charge >= 0.3 is 0 Å². The predicted octanol–water partition coefficient (Wildman–Crippen LogP) is 2.05. The Bertz CT molecular complexity index is 231. The van der Waals surface area contributed by atoms with Crippen LogP contribution >= 0.6 is 24.0 Å². The molecule has 2 N–H and O–H groups in total. The van der Waals surface area contributed by atoms with Crippen LogP contribution in [0.1, 0.15) is 5.56 Å². The number of rotatable bonds is 1. The van der Waals surface area contributed by atoms with E-state index in [9.17, 15) is 0 Å². The van der Waals surface area contributed by atoms with Gasteiger partial charge in [-0.05, 0) is 17.7 Å². The van der Waals surface area contributed by atoms with Crippen LogP contribution in [0.25, 0.3) is 0 Å². The van der Waals surface area contributed by atoms with E-state index in [0.717, 1.165) is 5.56 Å². The van der Waals surface area contributed by atoms with Gasteiger partial charge in [-0.25, -0.2) is 0 Å². The van der Waals surface area contributed by atoms with Crippen LogP contribution in [0.2, 0.25) is 5.02 Å². The van der Waals surface area contributed by atoms with Crippen molar-refractivity contribution >= 4 is 30.2 Å². The minimum absolute atomic E-state index is 0. The Hall–Kier alpha value is -0.730. The molecule has 0 spiro atoms. The molecule has 2 nitrogen and oxygen atoms in total.